The maximum absolute atomic E-state index is 12.0. The summed E-state index contributed by atoms with van der Waals surface area (Å²) in [6.07, 6.45) is 4.57. The first-order chi connectivity index (χ1) is 13.9. The Balaban J connectivity index is 1.79. The van der Waals surface area contributed by atoms with E-state index in [1.54, 1.807) is 18.3 Å². The summed E-state index contributed by atoms with van der Waals surface area (Å²) in [7, 11) is -3.99. The number of aromatic amines is 1. The normalized spacial score (nSPS) is 12.2. The molecule has 9 nitrogen and oxygen atoms in total. The number of primary sulfonamides is 1. The van der Waals surface area contributed by atoms with Crippen LogP contribution < -0.4 is 22.0 Å². The molecule has 152 valence electrons. The van der Waals surface area contributed by atoms with Crippen molar-refractivity contribution in [2.45, 2.75) is 17.9 Å². The van der Waals surface area contributed by atoms with E-state index in [1.165, 1.54) is 6.07 Å². The summed E-state index contributed by atoms with van der Waals surface area (Å²) in [5, 5.41) is 18.9. The minimum atomic E-state index is -3.99. The second-order valence-electron chi connectivity index (χ2n) is 6.47. The van der Waals surface area contributed by atoms with E-state index in [4.69, 9.17) is 16.7 Å². The van der Waals surface area contributed by atoms with Crippen molar-refractivity contribution >= 4 is 15.9 Å². The van der Waals surface area contributed by atoms with Crippen LogP contribution in [0.15, 0.2) is 64.9 Å². The molecule has 0 saturated heterocycles. The van der Waals surface area contributed by atoms with Gasteiger partial charge in [0, 0.05) is 18.3 Å². The maximum Gasteiger partial charge on any atom is 0.238 e. The summed E-state index contributed by atoms with van der Waals surface area (Å²) < 4.78 is 23.9. The fourth-order valence-corrected chi connectivity index (χ4v) is 3.79. The molecule has 0 spiro atoms. The van der Waals surface area contributed by atoms with Crippen LogP contribution in [0, 0.1) is 0 Å². The topological polar surface area (TPSA) is 165 Å². The predicted octanol–water partition coefficient (Wildman–Crippen LogP) is 0.635. The first-order valence-electron chi connectivity index (χ1n) is 8.87. The van der Waals surface area contributed by atoms with Crippen LogP contribution in [0.1, 0.15) is 16.7 Å². The predicted molar refractivity (Wildman–Crippen MR) is 112 cm³/mol. The molecule has 2 aromatic carbocycles. The first-order valence-corrected chi connectivity index (χ1v) is 10.4. The summed E-state index contributed by atoms with van der Waals surface area (Å²) in [6, 6.07) is 12.4. The van der Waals surface area contributed by atoms with Gasteiger partial charge in [-0.2, -0.15) is 10.2 Å². The summed E-state index contributed by atoms with van der Waals surface area (Å²) in [6.45, 7) is 1.53. The van der Waals surface area contributed by atoms with Gasteiger partial charge >= 0.3 is 0 Å². The van der Waals surface area contributed by atoms with Gasteiger partial charge in [-0.15, -0.1) is 0 Å². The van der Waals surface area contributed by atoms with E-state index in [-0.39, 0.29) is 16.3 Å². The molecule has 1 aromatic heterocycles. The number of H-pyrrole nitrogens is 1. The minimum absolute atomic E-state index is 0.102. The Morgan fingerprint density at radius 1 is 1.14 bits per heavy atom. The molecule has 3 aromatic rings. The lowest BCUT2D eigenvalue weighted by Gasteiger charge is -2.13. The molecule has 0 fully saturated rings. The number of nitrogens with zero attached hydrogens (tertiary/aromatic N) is 2. The largest absolute Gasteiger partial charge is 0.382 e. The Kier molecular flexibility index (Phi) is 6.27. The molecule has 10 heteroatoms. The van der Waals surface area contributed by atoms with Gasteiger partial charge in [0.2, 0.25) is 10.0 Å². The summed E-state index contributed by atoms with van der Waals surface area (Å²) in [5.74, 6) is 5.20. The summed E-state index contributed by atoms with van der Waals surface area (Å²) in [4.78, 5) is -0.119. The van der Waals surface area contributed by atoms with Crippen LogP contribution in [-0.2, 0) is 23.0 Å². The van der Waals surface area contributed by atoms with E-state index in [1.807, 2.05) is 30.5 Å². The van der Waals surface area contributed by atoms with Crippen LogP contribution in [0.5, 0.6) is 0 Å². The Labute approximate surface area is 169 Å². The van der Waals surface area contributed by atoms with Gasteiger partial charge in [0.1, 0.15) is 0 Å². The number of nitrogens with two attached hydrogens (primary N) is 3. The van der Waals surface area contributed by atoms with Crippen molar-refractivity contribution in [1.82, 2.24) is 15.5 Å². The third-order valence-electron chi connectivity index (χ3n) is 4.47. The van der Waals surface area contributed by atoms with Gasteiger partial charge in [-0.3, -0.25) is 5.10 Å². The van der Waals surface area contributed by atoms with Crippen molar-refractivity contribution in [3.63, 3.8) is 0 Å². The number of hydrazone groups is 1. The lowest BCUT2D eigenvalue weighted by molar-refractivity contribution is 0.597. The van der Waals surface area contributed by atoms with E-state index in [0.717, 1.165) is 29.7 Å². The van der Waals surface area contributed by atoms with Crippen LogP contribution in [0.4, 0.5) is 0 Å². The molecule has 0 radical (unpaired) electrons. The molecular weight excluding hydrogens is 390 g/mol. The first kappa shape index (κ1) is 20.5. The van der Waals surface area contributed by atoms with Crippen LogP contribution in [0.3, 0.4) is 0 Å². The summed E-state index contributed by atoms with van der Waals surface area (Å²) >= 11 is 0. The number of hydrogen-bond acceptors (Lipinski definition) is 6. The molecule has 0 aliphatic heterocycles. The number of benzene rings is 2. The van der Waals surface area contributed by atoms with Crippen molar-refractivity contribution < 1.29 is 8.42 Å². The Hall–Kier alpha value is -3.21. The minimum Gasteiger partial charge on any atom is -0.382 e. The molecule has 0 bridgehead atoms. The van der Waals surface area contributed by atoms with Crippen molar-refractivity contribution in [3.8, 4) is 11.1 Å². The van der Waals surface area contributed by atoms with Gasteiger partial charge < -0.3 is 16.9 Å². The molecule has 8 N–H and O–H groups in total. The van der Waals surface area contributed by atoms with Gasteiger partial charge in [-0.05, 0) is 41.3 Å². The van der Waals surface area contributed by atoms with E-state index in [9.17, 15) is 8.42 Å². The van der Waals surface area contributed by atoms with E-state index in [2.05, 4.69) is 20.6 Å². The lowest BCUT2D eigenvalue weighted by atomic mass is 9.98. The summed E-state index contributed by atoms with van der Waals surface area (Å²) in [5.41, 5.74) is 9.67. The second-order valence-corrected chi connectivity index (χ2v) is 8.00. The highest BCUT2D eigenvalue weighted by atomic mass is 32.2. The number of aromatic nitrogens is 2. The molecule has 0 aliphatic rings. The van der Waals surface area contributed by atoms with Gasteiger partial charge in [0.15, 0.2) is 5.84 Å². The van der Waals surface area contributed by atoms with Gasteiger partial charge in [0.05, 0.1) is 11.1 Å². The number of amidine groups is 1. The quantitative estimate of drug-likeness (QED) is 0.119. The average Bonchev–Trinajstić information content (AvgIpc) is 3.23. The smallest absolute Gasteiger partial charge is 0.238 e. The van der Waals surface area contributed by atoms with Crippen molar-refractivity contribution in [2.24, 2.45) is 21.8 Å². The number of sulfonamides is 1. The zero-order valence-electron chi connectivity index (χ0n) is 15.7. The molecule has 1 heterocycles. The molecule has 3 rings (SSSR count). The fraction of sp³-hybridized carbons (Fsp3) is 0.158. The molecule has 0 atom stereocenters. The van der Waals surface area contributed by atoms with E-state index < -0.39 is 10.0 Å². The highest BCUT2D eigenvalue weighted by Gasteiger charge is 2.20. The zero-order valence-corrected chi connectivity index (χ0v) is 16.5. The van der Waals surface area contributed by atoms with Gasteiger partial charge in [-0.1, -0.05) is 36.4 Å². The van der Waals surface area contributed by atoms with Crippen LogP contribution >= 0.6 is 0 Å². The SMILES string of the molecule is N/N=C(\N)c1c(-c2ccc(CNCCc3cn[nH]c3)cc2)cccc1S(N)(=O)=O. The second kappa shape index (κ2) is 8.86. The fourth-order valence-electron chi connectivity index (χ4n) is 3.02. The van der Waals surface area contributed by atoms with Crippen LogP contribution in [0.25, 0.3) is 11.1 Å². The third-order valence-corrected chi connectivity index (χ3v) is 5.42. The molecule has 0 saturated carbocycles. The van der Waals surface area contributed by atoms with Crippen LogP contribution in [0.2, 0.25) is 0 Å². The molecule has 29 heavy (non-hydrogen) atoms. The van der Waals surface area contributed by atoms with Crippen molar-refractivity contribution in [3.05, 3.63) is 71.5 Å². The van der Waals surface area contributed by atoms with Crippen molar-refractivity contribution in [2.75, 3.05) is 6.54 Å². The third kappa shape index (κ3) is 4.99. The molecule has 0 aliphatic carbocycles. The van der Waals surface area contributed by atoms with Gasteiger partial charge in [0.25, 0.3) is 0 Å². The maximum atomic E-state index is 12.0. The van der Waals surface area contributed by atoms with Crippen molar-refractivity contribution in [1.29, 1.82) is 0 Å². The highest BCUT2D eigenvalue weighted by Crippen LogP contribution is 2.28. The zero-order chi connectivity index (χ0) is 20.9. The lowest BCUT2D eigenvalue weighted by Crippen LogP contribution is -2.23. The van der Waals surface area contributed by atoms with E-state index in [0.29, 0.717) is 12.1 Å². The number of hydrogen-bond donors (Lipinski definition) is 5. The van der Waals surface area contributed by atoms with Crippen LogP contribution in [-0.4, -0.2) is 31.0 Å². The average molecular weight is 414 g/mol. The van der Waals surface area contributed by atoms with Gasteiger partial charge in [-0.25, -0.2) is 13.6 Å². The Morgan fingerprint density at radius 3 is 2.52 bits per heavy atom. The van der Waals surface area contributed by atoms with E-state index >= 15 is 0 Å². The highest BCUT2D eigenvalue weighted by molar-refractivity contribution is 7.89. The molecule has 0 amide bonds. The standard InChI is InChI=1S/C19H23N7O2S/c20-19(26-21)18-16(2-1-3-17(18)29(22,27)28)15-6-4-13(5-7-15)10-23-9-8-14-11-24-25-12-14/h1-7,11-12,23H,8-10,21H2,(H2,20,26)(H,24,25)(H2,22,27,28). The molecule has 0 unspecified atom stereocenters. The Bertz CT molecular complexity index is 1090. The number of nitrogens with one attached hydrogen (secondary N) is 2. The Morgan fingerprint density at radius 2 is 1.90 bits per heavy atom. The monoisotopic (exact) mass is 413 g/mol. The molecular formula is C19H23N7O2S. The number of rotatable bonds is 8.